The molecular weight excluding hydrogens is 284 g/mol. The standard InChI is InChI=1S/C14H13F2NO2S/c1-9-5-10(2)7-12(6-9)20(18,19)17-14-4-3-11(15)8-13(14)16/h3-8,17H,1-2H3. The van der Waals surface area contributed by atoms with E-state index >= 15 is 0 Å². The zero-order valence-electron chi connectivity index (χ0n) is 10.9. The summed E-state index contributed by atoms with van der Waals surface area (Å²) >= 11 is 0. The molecule has 0 spiro atoms. The number of hydrogen-bond acceptors (Lipinski definition) is 2. The van der Waals surface area contributed by atoms with Gasteiger partial charge in [0, 0.05) is 6.07 Å². The highest BCUT2D eigenvalue weighted by atomic mass is 32.2. The molecule has 1 N–H and O–H groups in total. The average Bonchev–Trinajstić information content (AvgIpc) is 2.31. The van der Waals surface area contributed by atoms with Gasteiger partial charge < -0.3 is 0 Å². The lowest BCUT2D eigenvalue weighted by molar-refractivity contribution is 0.582. The summed E-state index contributed by atoms with van der Waals surface area (Å²) in [4.78, 5) is 0.0405. The van der Waals surface area contributed by atoms with E-state index < -0.39 is 21.7 Å². The van der Waals surface area contributed by atoms with Gasteiger partial charge in [-0.05, 0) is 49.2 Å². The van der Waals surface area contributed by atoms with E-state index in [1.807, 2.05) is 6.07 Å². The number of aryl methyl sites for hydroxylation is 2. The summed E-state index contributed by atoms with van der Waals surface area (Å²) in [6.45, 7) is 3.54. The smallest absolute Gasteiger partial charge is 0.262 e. The molecule has 0 radical (unpaired) electrons. The van der Waals surface area contributed by atoms with E-state index in [1.54, 1.807) is 13.8 Å². The van der Waals surface area contributed by atoms with E-state index in [0.717, 1.165) is 23.3 Å². The van der Waals surface area contributed by atoms with E-state index in [-0.39, 0.29) is 10.6 Å². The van der Waals surface area contributed by atoms with Crippen LogP contribution in [-0.4, -0.2) is 8.42 Å². The maximum atomic E-state index is 13.5. The van der Waals surface area contributed by atoms with Gasteiger partial charge in [0.2, 0.25) is 0 Å². The maximum absolute atomic E-state index is 13.5. The Kier molecular flexibility index (Phi) is 3.76. The van der Waals surface area contributed by atoms with Gasteiger partial charge >= 0.3 is 0 Å². The molecule has 2 rings (SSSR count). The van der Waals surface area contributed by atoms with Gasteiger partial charge in [-0.15, -0.1) is 0 Å². The quantitative estimate of drug-likeness (QED) is 0.944. The van der Waals surface area contributed by atoms with Crippen LogP contribution in [0.2, 0.25) is 0 Å². The highest BCUT2D eigenvalue weighted by molar-refractivity contribution is 7.92. The second-order valence-electron chi connectivity index (χ2n) is 4.55. The molecule has 2 aromatic rings. The molecule has 20 heavy (non-hydrogen) atoms. The van der Waals surface area contributed by atoms with Gasteiger partial charge in [0.15, 0.2) is 0 Å². The number of sulfonamides is 1. The fourth-order valence-electron chi connectivity index (χ4n) is 1.86. The third kappa shape index (κ3) is 3.14. The second kappa shape index (κ2) is 5.20. The maximum Gasteiger partial charge on any atom is 0.262 e. The Morgan fingerprint density at radius 1 is 0.950 bits per heavy atom. The van der Waals surface area contributed by atoms with Crippen LogP contribution in [0, 0.1) is 25.5 Å². The van der Waals surface area contributed by atoms with Crippen molar-refractivity contribution in [2.75, 3.05) is 4.72 Å². The van der Waals surface area contributed by atoms with Crippen molar-refractivity contribution in [3.63, 3.8) is 0 Å². The molecule has 0 saturated carbocycles. The summed E-state index contributed by atoms with van der Waals surface area (Å²) < 4.78 is 52.7. The zero-order chi connectivity index (χ0) is 14.9. The molecule has 3 nitrogen and oxygen atoms in total. The van der Waals surface area contributed by atoms with Gasteiger partial charge in [0.1, 0.15) is 11.6 Å². The topological polar surface area (TPSA) is 46.2 Å². The third-order valence-electron chi connectivity index (χ3n) is 2.68. The molecule has 0 saturated heterocycles. The van der Waals surface area contributed by atoms with Crippen molar-refractivity contribution in [3.05, 3.63) is 59.2 Å². The first-order chi connectivity index (χ1) is 9.28. The fourth-order valence-corrected chi connectivity index (χ4v) is 3.12. The van der Waals surface area contributed by atoms with Gasteiger partial charge in [-0.2, -0.15) is 0 Å². The monoisotopic (exact) mass is 297 g/mol. The molecule has 0 aliphatic rings. The van der Waals surface area contributed by atoms with E-state index in [1.165, 1.54) is 12.1 Å². The number of hydrogen-bond donors (Lipinski definition) is 1. The Hall–Kier alpha value is -1.95. The summed E-state index contributed by atoms with van der Waals surface area (Å²) in [5.41, 5.74) is 1.28. The molecule has 0 bridgehead atoms. The number of anilines is 1. The van der Waals surface area contributed by atoms with Crippen molar-refractivity contribution in [1.82, 2.24) is 0 Å². The molecule has 6 heteroatoms. The lowest BCUT2D eigenvalue weighted by Gasteiger charge is -2.10. The van der Waals surface area contributed by atoms with Crippen LogP contribution in [0.4, 0.5) is 14.5 Å². The van der Waals surface area contributed by atoms with Crippen LogP contribution in [0.3, 0.4) is 0 Å². The molecule has 0 aliphatic heterocycles. The molecule has 0 heterocycles. The Balaban J connectivity index is 2.40. The first-order valence-electron chi connectivity index (χ1n) is 5.84. The van der Waals surface area contributed by atoms with Gasteiger partial charge in [0.25, 0.3) is 10.0 Å². The van der Waals surface area contributed by atoms with E-state index in [9.17, 15) is 17.2 Å². The van der Waals surface area contributed by atoms with Crippen molar-refractivity contribution < 1.29 is 17.2 Å². The third-order valence-corrected chi connectivity index (χ3v) is 4.03. The molecule has 2 aromatic carbocycles. The van der Waals surface area contributed by atoms with Crippen LogP contribution in [0.25, 0.3) is 0 Å². The number of rotatable bonds is 3. The van der Waals surface area contributed by atoms with Crippen LogP contribution < -0.4 is 4.72 Å². The van der Waals surface area contributed by atoms with Crippen LogP contribution in [0.1, 0.15) is 11.1 Å². The predicted octanol–water partition coefficient (Wildman–Crippen LogP) is 3.38. The summed E-state index contributed by atoms with van der Waals surface area (Å²) in [7, 11) is -3.91. The van der Waals surface area contributed by atoms with Crippen LogP contribution in [0.15, 0.2) is 41.3 Å². The first kappa shape index (κ1) is 14.5. The van der Waals surface area contributed by atoms with Crippen LogP contribution >= 0.6 is 0 Å². The van der Waals surface area contributed by atoms with E-state index in [2.05, 4.69) is 4.72 Å². The molecular formula is C14H13F2NO2S. The normalized spacial score (nSPS) is 11.4. The van der Waals surface area contributed by atoms with Crippen molar-refractivity contribution >= 4 is 15.7 Å². The number of halogens is 2. The van der Waals surface area contributed by atoms with E-state index in [0.29, 0.717) is 6.07 Å². The molecule has 0 atom stereocenters. The van der Waals surface area contributed by atoms with Gasteiger partial charge in [0.05, 0.1) is 10.6 Å². The average molecular weight is 297 g/mol. The Labute approximate surface area is 116 Å². The SMILES string of the molecule is Cc1cc(C)cc(S(=O)(=O)Nc2ccc(F)cc2F)c1. The molecule has 106 valence electrons. The summed E-state index contributed by atoms with van der Waals surface area (Å²) in [5, 5.41) is 0. The highest BCUT2D eigenvalue weighted by Crippen LogP contribution is 2.21. The largest absolute Gasteiger partial charge is 0.277 e. The summed E-state index contributed by atoms with van der Waals surface area (Å²) in [5.74, 6) is -1.73. The Morgan fingerprint density at radius 3 is 2.10 bits per heavy atom. The molecule has 0 aliphatic carbocycles. The first-order valence-corrected chi connectivity index (χ1v) is 7.32. The second-order valence-corrected chi connectivity index (χ2v) is 6.24. The molecule has 0 unspecified atom stereocenters. The molecule has 0 amide bonds. The zero-order valence-corrected chi connectivity index (χ0v) is 11.8. The van der Waals surface area contributed by atoms with Crippen molar-refractivity contribution in [3.8, 4) is 0 Å². The van der Waals surface area contributed by atoms with E-state index in [4.69, 9.17) is 0 Å². The number of benzene rings is 2. The minimum absolute atomic E-state index is 0.0405. The van der Waals surface area contributed by atoms with Crippen LogP contribution in [-0.2, 0) is 10.0 Å². The van der Waals surface area contributed by atoms with Gasteiger partial charge in [-0.25, -0.2) is 17.2 Å². The van der Waals surface area contributed by atoms with Crippen molar-refractivity contribution in [2.45, 2.75) is 18.7 Å². The van der Waals surface area contributed by atoms with Crippen molar-refractivity contribution in [1.29, 1.82) is 0 Å². The Morgan fingerprint density at radius 2 is 1.55 bits per heavy atom. The lowest BCUT2D eigenvalue weighted by atomic mass is 10.2. The van der Waals surface area contributed by atoms with Gasteiger partial charge in [-0.3, -0.25) is 4.72 Å². The van der Waals surface area contributed by atoms with Gasteiger partial charge in [-0.1, -0.05) is 6.07 Å². The molecule has 0 aromatic heterocycles. The highest BCUT2D eigenvalue weighted by Gasteiger charge is 2.17. The van der Waals surface area contributed by atoms with Crippen molar-refractivity contribution in [2.24, 2.45) is 0 Å². The lowest BCUT2D eigenvalue weighted by Crippen LogP contribution is -2.14. The minimum atomic E-state index is -3.91. The van der Waals surface area contributed by atoms with Crippen LogP contribution in [0.5, 0.6) is 0 Å². The Bertz CT molecular complexity index is 738. The predicted molar refractivity (Wildman–Crippen MR) is 73.1 cm³/mol. The number of nitrogens with one attached hydrogen (secondary N) is 1. The summed E-state index contributed by atoms with van der Waals surface area (Å²) in [6, 6.07) is 7.46. The minimum Gasteiger partial charge on any atom is -0.277 e. The summed E-state index contributed by atoms with van der Waals surface area (Å²) in [6.07, 6.45) is 0. The fraction of sp³-hybridized carbons (Fsp3) is 0.143. The molecule has 0 fully saturated rings.